The van der Waals surface area contributed by atoms with Gasteiger partial charge < -0.3 is 29.2 Å². The lowest BCUT2D eigenvalue weighted by molar-refractivity contribution is -0.264. The van der Waals surface area contributed by atoms with Crippen LogP contribution in [-0.4, -0.2) is 75.1 Å². The second-order valence-corrected chi connectivity index (χ2v) is 11.2. The standard InChI is InChI=1S/C26H35ClO10/c1-12-8-9-17(34-14(3)28)25(7)18(35-15(4)29)10-11-24(6,32)20(25)22(36-16(5)30)26(33)13(2)23(31)37-21(26)19(12)27/h8-9,13,17-22,32-33H,1,10-11H2,2-7H3/b9-8+/t13-,17-,18-,19-,20-,21-,22?,24+,25-,26-/m0/s1. The Hall–Kier alpha value is -2.43. The quantitative estimate of drug-likeness (QED) is 0.308. The zero-order chi connectivity index (χ0) is 28.1. The molecule has 1 unspecified atom stereocenters. The van der Waals surface area contributed by atoms with Gasteiger partial charge in [-0.05, 0) is 38.3 Å². The second kappa shape index (κ2) is 10.0. The lowest BCUT2D eigenvalue weighted by Gasteiger charge is -2.59. The number of ether oxygens (including phenoxy) is 4. The van der Waals surface area contributed by atoms with Crippen LogP contribution in [-0.2, 0) is 38.1 Å². The highest BCUT2D eigenvalue weighted by atomic mass is 35.5. The molecule has 3 rings (SSSR count). The minimum Gasteiger partial charge on any atom is -0.462 e. The maximum Gasteiger partial charge on any atom is 0.312 e. The van der Waals surface area contributed by atoms with Gasteiger partial charge in [-0.25, -0.2) is 0 Å². The van der Waals surface area contributed by atoms with Gasteiger partial charge in [-0.1, -0.05) is 19.6 Å². The third-order valence-electron chi connectivity index (χ3n) is 8.06. The number of allylic oxidation sites excluding steroid dienone is 1. The first-order valence-corrected chi connectivity index (χ1v) is 12.6. The molecule has 1 heterocycles. The third kappa shape index (κ3) is 4.91. The number of fused-ring (bicyclic) bond motifs is 2. The summed E-state index contributed by atoms with van der Waals surface area (Å²) in [6.07, 6.45) is -1.89. The summed E-state index contributed by atoms with van der Waals surface area (Å²) >= 11 is 6.66. The molecule has 2 N–H and O–H groups in total. The van der Waals surface area contributed by atoms with Crippen molar-refractivity contribution in [3.63, 3.8) is 0 Å². The van der Waals surface area contributed by atoms with Crippen LogP contribution in [0.3, 0.4) is 0 Å². The number of alkyl halides is 1. The smallest absolute Gasteiger partial charge is 0.312 e. The summed E-state index contributed by atoms with van der Waals surface area (Å²) in [6.45, 7) is 12.0. The van der Waals surface area contributed by atoms with Gasteiger partial charge in [0.25, 0.3) is 0 Å². The fourth-order valence-corrected chi connectivity index (χ4v) is 6.60. The Morgan fingerprint density at radius 1 is 1.08 bits per heavy atom. The van der Waals surface area contributed by atoms with E-state index in [0.29, 0.717) is 0 Å². The lowest BCUT2D eigenvalue weighted by atomic mass is 9.52. The Morgan fingerprint density at radius 3 is 2.19 bits per heavy atom. The highest BCUT2D eigenvalue weighted by Gasteiger charge is 2.71. The van der Waals surface area contributed by atoms with Gasteiger partial charge in [0, 0.05) is 26.7 Å². The molecule has 0 spiro atoms. The van der Waals surface area contributed by atoms with Gasteiger partial charge >= 0.3 is 23.9 Å². The van der Waals surface area contributed by atoms with Crippen molar-refractivity contribution in [2.24, 2.45) is 17.3 Å². The van der Waals surface area contributed by atoms with Gasteiger partial charge in [-0.3, -0.25) is 19.2 Å². The molecular weight excluding hydrogens is 508 g/mol. The molecule has 37 heavy (non-hydrogen) atoms. The van der Waals surface area contributed by atoms with Gasteiger partial charge in [0.05, 0.1) is 22.3 Å². The summed E-state index contributed by atoms with van der Waals surface area (Å²) in [5, 5.41) is 23.0. The number of esters is 4. The van der Waals surface area contributed by atoms with Crippen molar-refractivity contribution in [3.8, 4) is 0 Å². The monoisotopic (exact) mass is 542 g/mol. The molecule has 10 atom stereocenters. The summed E-state index contributed by atoms with van der Waals surface area (Å²) in [6, 6.07) is 0. The highest BCUT2D eigenvalue weighted by Crippen LogP contribution is 2.57. The van der Waals surface area contributed by atoms with Crippen LogP contribution in [0.2, 0.25) is 0 Å². The average molecular weight is 543 g/mol. The van der Waals surface area contributed by atoms with E-state index in [-0.39, 0.29) is 18.4 Å². The molecule has 1 aliphatic heterocycles. The van der Waals surface area contributed by atoms with E-state index in [1.807, 2.05) is 0 Å². The SMILES string of the molecule is C=C1/C=C/[C@H](OC(C)=O)[C@@]2(C)[C@@H](OC(C)=O)CC[C@@](C)(O)[C@@H]2C(OC(C)=O)[C@]2(O)[C@@H](C)C(=O)O[C@H]2[C@H]1Cl. The molecule has 1 saturated heterocycles. The predicted octanol–water partition coefficient (Wildman–Crippen LogP) is 1.97. The maximum absolute atomic E-state index is 12.8. The van der Waals surface area contributed by atoms with E-state index in [2.05, 4.69) is 6.58 Å². The Balaban J connectivity index is 2.43. The number of hydrogen-bond donors (Lipinski definition) is 2. The van der Waals surface area contributed by atoms with Crippen molar-refractivity contribution in [2.45, 2.75) is 95.4 Å². The third-order valence-corrected chi connectivity index (χ3v) is 8.57. The number of rotatable bonds is 3. The Morgan fingerprint density at radius 2 is 1.65 bits per heavy atom. The van der Waals surface area contributed by atoms with E-state index in [4.69, 9.17) is 30.5 Å². The minimum absolute atomic E-state index is 0.0699. The first kappa shape index (κ1) is 29.1. The fraction of sp³-hybridized carbons (Fsp3) is 0.692. The minimum atomic E-state index is -2.24. The molecule has 0 bridgehead atoms. The van der Waals surface area contributed by atoms with Crippen molar-refractivity contribution in [2.75, 3.05) is 0 Å². The van der Waals surface area contributed by atoms with E-state index < -0.39 is 82.1 Å². The molecule has 0 aromatic heterocycles. The van der Waals surface area contributed by atoms with Crippen molar-refractivity contribution in [1.82, 2.24) is 0 Å². The molecule has 0 amide bonds. The van der Waals surface area contributed by atoms with Crippen molar-refractivity contribution < 1.29 is 48.3 Å². The van der Waals surface area contributed by atoms with Crippen LogP contribution in [0.1, 0.15) is 54.4 Å². The maximum atomic E-state index is 12.8. The number of halogens is 1. The second-order valence-electron chi connectivity index (χ2n) is 10.7. The largest absolute Gasteiger partial charge is 0.462 e. The van der Waals surface area contributed by atoms with E-state index in [0.717, 1.165) is 6.92 Å². The zero-order valence-electron chi connectivity index (χ0n) is 21.9. The number of hydrogen-bond acceptors (Lipinski definition) is 10. The average Bonchev–Trinajstić information content (AvgIpc) is 3.00. The van der Waals surface area contributed by atoms with E-state index in [1.54, 1.807) is 6.92 Å². The first-order chi connectivity index (χ1) is 17.0. The summed E-state index contributed by atoms with van der Waals surface area (Å²) in [5.41, 5.74) is -5.15. The van der Waals surface area contributed by atoms with Gasteiger partial charge in [0.2, 0.25) is 0 Å². The normalized spacial score (nSPS) is 44.5. The van der Waals surface area contributed by atoms with Gasteiger partial charge in [0.15, 0.2) is 11.7 Å². The highest BCUT2D eigenvalue weighted by molar-refractivity contribution is 6.23. The molecule has 10 nitrogen and oxygen atoms in total. The van der Waals surface area contributed by atoms with Gasteiger partial charge in [-0.2, -0.15) is 0 Å². The Labute approximate surface area is 220 Å². The molecule has 1 saturated carbocycles. The Bertz CT molecular complexity index is 1020. The van der Waals surface area contributed by atoms with Crippen LogP contribution >= 0.6 is 11.6 Å². The molecule has 11 heteroatoms. The summed E-state index contributed by atoms with van der Waals surface area (Å²) in [4.78, 5) is 49.7. The van der Waals surface area contributed by atoms with Crippen molar-refractivity contribution in [3.05, 3.63) is 24.3 Å². The van der Waals surface area contributed by atoms with Gasteiger partial charge in [0.1, 0.15) is 18.3 Å². The van der Waals surface area contributed by atoms with Crippen LogP contribution in [0.15, 0.2) is 24.3 Å². The zero-order valence-corrected chi connectivity index (χ0v) is 22.6. The summed E-state index contributed by atoms with van der Waals surface area (Å²) < 4.78 is 22.6. The molecule has 2 aliphatic carbocycles. The first-order valence-electron chi connectivity index (χ1n) is 12.2. The van der Waals surface area contributed by atoms with Crippen molar-refractivity contribution in [1.29, 1.82) is 0 Å². The lowest BCUT2D eigenvalue weighted by Crippen LogP contribution is -2.71. The summed E-state index contributed by atoms with van der Waals surface area (Å²) in [7, 11) is 0. The topological polar surface area (TPSA) is 146 Å². The van der Waals surface area contributed by atoms with Gasteiger partial charge in [-0.15, -0.1) is 11.6 Å². The number of carbonyl (C=O) groups excluding carboxylic acids is 4. The van der Waals surface area contributed by atoms with Crippen LogP contribution in [0.25, 0.3) is 0 Å². The number of carbonyl (C=O) groups is 4. The molecule has 0 radical (unpaired) electrons. The molecule has 0 aromatic rings. The molecule has 2 fully saturated rings. The number of aliphatic hydroxyl groups is 2. The van der Waals surface area contributed by atoms with Crippen LogP contribution in [0.5, 0.6) is 0 Å². The molecule has 0 aromatic carbocycles. The molecular formula is C26H35ClO10. The predicted molar refractivity (Wildman–Crippen MR) is 130 cm³/mol. The molecule has 3 aliphatic rings. The van der Waals surface area contributed by atoms with Crippen LogP contribution in [0.4, 0.5) is 0 Å². The Kier molecular flexibility index (Phi) is 7.90. The van der Waals surface area contributed by atoms with Crippen LogP contribution in [0, 0.1) is 17.3 Å². The van der Waals surface area contributed by atoms with E-state index in [9.17, 15) is 29.4 Å². The fourth-order valence-electron chi connectivity index (χ4n) is 6.28. The summed E-state index contributed by atoms with van der Waals surface area (Å²) in [5.74, 6) is -5.35. The van der Waals surface area contributed by atoms with Crippen molar-refractivity contribution >= 4 is 35.5 Å². The van der Waals surface area contributed by atoms with Crippen LogP contribution < -0.4 is 0 Å². The van der Waals surface area contributed by atoms with E-state index in [1.165, 1.54) is 39.8 Å². The molecule has 206 valence electrons. The van der Waals surface area contributed by atoms with E-state index >= 15 is 0 Å².